The van der Waals surface area contributed by atoms with Crippen LogP contribution in [0.2, 0.25) is 10.0 Å². The molecule has 106 valence electrons. The second-order valence-electron chi connectivity index (χ2n) is 4.83. The molecule has 0 amide bonds. The van der Waals surface area contributed by atoms with E-state index in [0.29, 0.717) is 10.0 Å². The SMILES string of the molecule is CNc1c(C)c(-c2ccccc2)nc2c(Cl)c(Cl)ccc12. The van der Waals surface area contributed by atoms with Crippen LogP contribution in [0.25, 0.3) is 22.2 Å². The first-order valence-corrected chi connectivity index (χ1v) is 7.40. The fourth-order valence-electron chi connectivity index (χ4n) is 2.57. The molecule has 2 aromatic carbocycles. The van der Waals surface area contributed by atoms with E-state index >= 15 is 0 Å². The van der Waals surface area contributed by atoms with Gasteiger partial charge in [-0.1, -0.05) is 53.5 Å². The maximum absolute atomic E-state index is 6.34. The lowest BCUT2D eigenvalue weighted by Gasteiger charge is -2.15. The van der Waals surface area contributed by atoms with Gasteiger partial charge < -0.3 is 5.32 Å². The molecule has 2 nitrogen and oxygen atoms in total. The molecule has 0 aliphatic carbocycles. The Balaban J connectivity index is 2.42. The number of hydrogen-bond acceptors (Lipinski definition) is 2. The zero-order chi connectivity index (χ0) is 15.0. The molecular formula is C17H14Cl2N2. The Morgan fingerprint density at radius 3 is 2.38 bits per heavy atom. The summed E-state index contributed by atoms with van der Waals surface area (Å²) in [5, 5.41) is 5.23. The largest absolute Gasteiger partial charge is 0.387 e. The van der Waals surface area contributed by atoms with Crippen molar-refractivity contribution in [3.63, 3.8) is 0 Å². The summed E-state index contributed by atoms with van der Waals surface area (Å²) < 4.78 is 0. The molecule has 4 heteroatoms. The minimum absolute atomic E-state index is 0.489. The lowest BCUT2D eigenvalue weighted by molar-refractivity contribution is 1.31. The van der Waals surface area contributed by atoms with Crippen molar-refractivity contribution < 1.29 is 0 Å². The lowest BCUT2D eigenvalue weighted by atomic mass is 10.0. The Morgan fingerprint density at radius 2 is 1.71 bits per heavy atom. The monoisotopic (exact) mass is 316 g/mol. The van der Waals surface area contributed by atoms with Gasteiger partial charge in [0, 0.05) is 23.7 Å². The summed E-state index contributed by atoms with van der Waals surface area (Å²) in [6.07, 6.45) is 0. The Hall–Kier alpha value is -1.77. The van der Waals surface area contributed by atoms with E-state index in [0.717, 1.165) is 33.4 Å². The summed E-state index contributed by atoms with van der Waals surface area (Å²) in [7, 11) is 1.90. The molecule has 0 saturated carbocycles. The Labute approximate surface area is 133 Å². The van der Waals surface area contributed by atoms with E-state index in [2.05, 4.69) is 12.2 Å². The third-order valence-corrected chi connectivity index (χ3v) is 4.38. The Kier molecular flexibility index (Phi) is 3.75. The van der Waals surface area contributed by atoms with E-state index in [9.17, 15) is 0 Å². The van der Waals surface area contributed by atoms with E-state index < -0.39 is 0 Å². The minimum Gasteiger partial charge on any atom is -0.387 e. The summed E-state index contributed by atoms with van der Waals surface area (Å²) in [5.41, 5.74) is 4.81. The number of aromatic nitrogens is 1. The highest BCUT2D eigenvalue weighted by atomic mass is 35.5. The highest BCUT2D eigenvalue weighted by molar-refractivity contribution is 6.45. The molecule has 0 aliphatic heterocycles. The van der Waals surface area contributed by atoms with Crippen LogP contribution >= 0.6 is 23.2 Å². The van der Waals surface area contributed by atoms with Crippen molar-refractivity contribution in [2.45, 2.75) is 6.92 Å². The molecular weight excluding hydrogens is 303 g/mol. The van der Waals surface area contributed by atoms with E-state index in [1.165, 1.54) is 0 Å². The third kappa shape index (κ3) is 2.35. The molecule has 1 N–H and O–H groups in total. The topological polar surface area (TPSA) is 24.9 Å². The standard InChI is InChI=1S/C17H14Cl2N2/c1-10-15(11-6-4-3-5-7-11)21-17-12(16(10)20-2)8-9-13(18)14(17)19/h3-9H,1-2H3,(H,20,21). The summed E-state index contributed by atoms with van der Waals surface area (Å²) in [6.45, 7) is 2.06. The van der Waals surface area contributed by atoms with Crippen molar-refractivity contribution in [2.75, 3.05) is 12.4 Å². The van der Waals surface area contributed by atoms with E-state index in [1.807, 2.05) is 43.4 Å². The number of nitrogens with one attached hydrogen (secondary N) is 1. The number of benzene rings is 2. The van der Waals surface area contributed by atoms with Gasteiger partial charge in [0.25, 0.3) is 0 Å². The summed E-state index contributed by atoms with van der Waals surface area (Å²) in [6, 6.07) is 13.8. The van der Waals surface area contributed by atoms with Crippen molar-refractivity contribution in [3.05, 3.63) is 58.1 Å². The number of anilines is 1. The van der Waals surface area contributed by atoms with Crippen molar-refractivity contribution >= 4 is 39.8 Å². The highest BCUT2D eigenvalue weighted by Crippen LogP contribution is 2.38. The van der Waals surface area contributed by atoms with Crippen molar-refractivity contribution in [3.8, 4) is 11.3 Å². The van der Waals surface area contributed by atoms with Crippen LogP contribution in [0.15, 0.2) is 42.5 Å². The van der Waals surface area contributed by atoms with Gasteiger partial charge in [-0.05, 0) is 24.6 Å². The van der Waals surface area contributed by atoms with Crippen LogP contribution in [0.3, 0.4) is 0 Å². The van der Waals surface area contributed by atoms with Gasteiger partial charge in [-0.15, -0.1) is 0 Å². The van der Waals surface area contributed by atoms with Crippen molar-refractivity contribution in [2.24, 2.45) is 0 Å². The highest BCUT2D eigenvalue weighted by Gasteiger charge is 2.15. The van der Waals surface area contributed by atoms with Gasteiger partial charge in [0.15, 0.2) is 0 Å². The van der Waals surface area contributed by atoms with Crippen LogP contribution in [0.1, 0.15) is 5.56 Å². The van der Waals surface area contributed by atoms with Gasteiger partial charge in [0.2, 0.25) is 0 Å². The quantitative estimate of drug-likeness (QED) is 0.669. The van der Waals surface area contributed by atoms with E-state index in [1.54, 1.807) is 6.07 Å². The number of fused-ring (bicyclic) bond motifs is 1. The van der Waals surface area contributed by atoms with Gasteiger partial charge in [0.05, 0.1) is 21.3 Å². The fourth-order valence-corrected chi connectivity index (χ4v) is 2.93. The van der Waals surface area contributed by atoms with Crippen LogP contribution in [-0.4, -0.2) is 12.0 Å². The molecule has 1 heterocycles. The molecule has 0 aliphatic rings. The van der Waals surface area contributed by atoms with Gasteiger partial charge >= 0.3 is 0 Å². The number of rotatable bonds is 2. The Morgan fingerprint density at radius 1 is 1.00 bits per heavy atom. The van der Waals surface area contributed by atoms with Crippen molar-refractivity contribution in [1.29, 1.82) is 0 Å². The average Bonchev–Trinajstić information content (AvgIpc) is 2.51. The molecule has 0 saturated heterocycles. The number of halogens is 2. The first kappa shape index (κ1) is 14.2. The molecule has 0 unspecified atom stereocenters. The first-order valence-electron chi connectivity index (χ1n) is 6.65. The fraction of sp³-hybridized carbons (Fsp3) is 0.118. The second kappa shape index (κ2) is 5.55. The number of pyridine rings is 1. The average molecular weight is 317 g/mol. The molecule has 3 aromatic rings. The van der Waals surface area contributed by atoms with Gasteiger partial charge in [-0.2, -0.15) is 0 Å². The van der Waals surface area contributed by atoms with Crippen LogP contribution in [0.5, 0.6) is 0 Å². The molecule has 1 aromatic heterocycles. The summed E-state index contributed by atoms with van der Waals surface area (Å²) in [5.74, 6) is 0. The van der Waals surface area contributed by atoms with Crippen LogP contribution in [-0.2, 0) is 0 Å². The maximum Gasteiger partial charge on any atom is 0.0931 e. The first-order chi connectivity index (χ1) is 10.1. The number of nitrogens with zero attached hydrogens (tertiary/aromatic N) is 1. The third-order valence-electron chi connectivity index (χ3n) is 3.59. The van der Waals surface area contributed by atoms with Crippen molar-refractivity contribution in [1.82, 2.24) is 4.98 Å². The second-order valence-corrected chi connectivity index (χ2v) is 5.62. The molecule has 3 rings (SSSR count). The van der Waals surface area contributed by atoms with Gasteiger partial charge in [0.1, 0.15) is 0 Å². The zero-order valence-corrected chi connectivity index (χ0v) is 13.3. The molecule has 0 bridgehead atoms. The van der Waals surface area contributed by atoms with E-state index in [-0.39, 0.29) is 0 Å². The summed E-state index contributed by atoms with van der Waals surface area (Å²) >= 11 is 12.5. The smallest absolute Gasteiger partial charge is 0.0931 e. The van der Waals surface area contributed by atoms with Crippen LogP contribution < -0.4 is 5.32 Å². The summed E-state index contributed by atoms with van der Waals surface area (Å²) in [4.78, 5) is 4.76. The van der Waals surface area contributed by atoms with Crippen LogP contribution in [0, 0.1) is 6.92 Å². The molecule has 21 heavy (non-hydrogen) atoms. The predicted molar refractivity (Wildman–Crippen MR) is 91.5 cm³/mol. The predicted octanol–water partition coefficient (Wildman–Crippen LogP) is 5.56. The van der Waals surface area contributed by atoms with Gasteiger partial charge in [-0.25, -0.2) is 4.98 Å². The Bertz CT molecular complexity index is 814. The molecule has 0 radical (unpaired) electrons. The minimum atomic E-state index is 0.489. The molecule has 0 fully saturated rings. The van der Waals surface area contributed by atoms with Gasteiger partial charge in [-0.3, -0.25) is 0 Å². The number of hydrogen-bond donors (Lipinski definition) is 1. The van der Waals surface area contributed by atoms with E-state index in [4.69, 9.17) is 28.2 Å². The molecule has 0 atom stereocenters. The van der Waals surface area contributed by atoms with Crippen LogP contribution in [0.4, 0.5) is 5.69 Å². The zero-order valence-electron chi connectivity index (χ0n) is 11.7. The maximum atomic E-state index is 6.34. The normalized spacial score (nSPS) is 10.9. The molecule has 0 spiro atoms. The lowest BCUT2D eigenvalue weighted by Crippen LogP contribution is -1.99.